The van der Waals surface area contributed by atoms with Crippen molar-refractivity contribution in [2.75, 3.05) is 13.1 Å². The molecule has 1 amide bonds. The molecule has 40 heavy (non-hydrogen) atoms. The van der Waals surface area contributed by atoms with E-state index in [0.717, 1.165) is 10.4 Å². The molecule has 0 aromatic heterocycles. The van der Waals surface area contributed by atoms with Crippen LogP contribution in [0, 0.1) is 5.82 Å². The second kappa shape index (κ2) is 12.1. The van der Waals surface area contributed by atoms with Crippen molar-refractivity contribution in [1.82, 2.24) is 4.90 Å². The minimum absolute atomic E-state index is 0.132. The lowest BCUT2D eigenvalue weighted by atomic mass is 10.1. The summed E-state index contributed by atoms with van der Waals surface area (Å²) in [6, 6.07) is 25.9. The molecule has 1 heterocycles. The lowest BCUT2D eigenvalue weighted by molar-refractivity contribution is 0.0123. The number of ether oxygens (including phenoxy) is 2. The van der Waals surface area contributed by atoms with Gasteiger partial charge in [0, 0.05) is 31.5 Å². The second-order valence-corrected chi connectivity index (χ2v) is 16.8. The number of amides is 1. The fourth-order valence-electron chi connectivity index (χ4n) is 5.37. The maximum atomic E-state index is 15.8. The molecule has 0 saturated carbocycles. The van der Waals surface area contributed by atoms with Gasteiger partial charge in [0.1, 0.15) is 11.7 Å². The predicted octanol–water partition coefficient (Wildman–Crippen LogP) is 6.68. The number of halogens is 1. The molecule has 214 valence electrons. The van der Waals surface area contributed by atoms with E-state index in [1.807, 2.05) is 63.2 Å². The summed E-state index contributed by atoms with van der Waals surface area (Å²) in [4.78, 5) is 14.1. The summed E-state index contributed by atoms with van der Waals surface area (Å²) in [5.74, 6) is -0.172. The highest BCUT2D eigenvalue weighted by molar-refractivity contribution is 6.99. The molecular formula is C33H42FNO4Si. The van der Waals surface area contributed by atoms with Crippen LogP contribution in [-0.2, 0) is 15.8 Å². The largest absolute Gasteiger partial charge is 0.487 e. The van der Waals surface area contributed by atoms with Crippen molar-refractivity contribution in [3.63, 3.8) is 0 Å². The third-order valence-electron chi connectivity index (χ3n) is 7.29. The zero-order chi connectivity index (χ0) is 29.0. The number of piperidine rings is 1. The minimum Gasteiger partial charge on any atom is -0.487 e. The topological polar surface area (TPSA) is 48.0 Å². The van der Waals surface area contributed by atoms with E-state index in [4.69, 9.17) is 13.9 Å². The van der Waals surface area contributed by atoms with Crippen LogP contribution in [0.25, 0.3) is 0 Å². The fourth-order valence-corrected chi connectivity index (χ4v) is 9.90. The number of carbonyl (C=O) groups is 1. The zero-order valence-corrected chi connectivity index (χ0v) is 25.6. The minimum atomic E-state index is -2.81. The highest BCUT2D eigenvalue weighted by Gasteiger charge is 2.50. The average Bonchev–Trinajstić information content (AvgIpc) is 2.91. The Morgan fingerprint density at radius 1 is 0.850 bits per heavy atom. The van der Waals surface area contributed by atoms with E-state index in [2.05, 4.69) is 45.0 Å². The Labute approximate surface area is 239 Å². The van der Waals surface area contributed by atoms with Gasteiger partial charge in [0.05, 0.1) is 6.61 Å². The first-order chi connectivity index (χ1) is 18.9. The van der Waals surface area contributed by atoms with Crippen LogP contribution in [0.4, 0.5) is 9.18 Å². The molecule has 5 nitrogen and oxygen atoms in total. The Hall–Kier alpha value is -3.16. The SMILES string of the molecule is CC(C)(C)OC(=O)N1CCC(Oc2cccc(CO[Si](c3ccccc3)(c3ccccc3)C(C)(C)C)c2F)CC1. The standard InChI is InChI=1S/C33H42FNO4Si/c1-32(2,3)39-31(36)35-22-20-26(21-23-35)38-29-19-13-14-25(30(29)34)24-37-40(33(4,5)6,27-15-9-7-10-16-27)28-17-11-8-12-18-28/h7-19,26H,20-24H2,1-6H3. The van der Waals surface area contributed by atoms with E-state index >= 15 is 4.39 Å². The van der Waals surface area contributed by atoms with E-state index in [1.54, 1.807) is 17.0 Å². The lowest BCUT2D eigenvalue weighted by Gasteiger charge is -2.43. The molecule has 1 saturated heterocycles. The van der Waals surface area contributed by atoms with E-state index in [9.17, 15) is 4.79 Å². The quantitative estimate of drug-likeness (QED) is 0.301. The van der Waals surface area contributed by atoms with Gasteiger partial charge in [-0.2, -0.15) is 0 Å². The molecule has 0 N–H and O–H groups in total. The molecular weight excluding hydrogens is 521 g/mol. The number of rotatable bonds is 7. The van der Waals surface area contributed by atoms with Crippen molar-refractivity contribution in [3.8, 4) is 5.75 Å². The first-order valence-corrected chi connectivity index (χ1v) is 16.0. The van der Waals surface area contributed by atoms with E-state index < -0.39 is 19.7 Å². The summed E-state index contributed by atoms with van der Waals surface area (Å²) in [5, 5.41) is 2.10. The summed E-state index contributed by atoms with van der Waals surface area (Å²) >= 11 is 0. The normalized spacial score (nSPS) is 15.1. The van der Waals surface area contributed by atoms with Crippen molar-refractivity contribution >= 4 is 24.8 Å². The predicted molar refractivity (Wildman–Crippen MR) is 160 cm³/mol. The number of likely N-dealkylation sites (tertiary alicyclic amines) is 1. The number of hydrogen-bond acceptors (Lipinski definition) is 4. The molecule has 0 atom stereocenters. The molecule has 0 bridgehead atoms. The van der Waals surface area contributed by atoms with Gasteiger partial charge in [-0.25, -0.2) is 9.18 Å². The van der Waals surface area contributed by atoms with E-state index in [-0.39, 0.29) is 29.6 Å². The Balaban J connectivity index is 1.52. The van der Waals surface area contributed by atoms with Gasteiger partial charge < -0.3 is 18.8 Å². The van der Waals surface area contributed by atoms with Crippen molar-refractivity contribution < 1.29 is 23.1 Å². The summed E-state index contributed by atoms with van der Waals surface area (Å²) in [5.41, 5.74) is -0.0680. The van der Waals surface area contributed by atoms with Gasteiger partial charge in [0.25, 0.3) is 8.32 Å². The van der Waals surface area contributed by atoms with Crippen LogP contribution < -0.4 is 15.1 Å². The molecule has 3 aromatic carbocycles. The van der Waals surface area contributed by atoms with Crippen LogP contribution in [-0.4, -0.2) is 44.1 Å². The third-order valence-corrected chi connectivity index (χ3v) is 12.3. The van der Waals surface area contributed by atoms with Gasteiger partial charge in [-0.1, -0.05) is 93.6 Å². The molecule has 1 fully saturated rings. The Bertz CT molecular complexity index is 1220. The first-order valence-electron chi connectivity index (χ1n) is 14.1. The number of benzene rings is 3. The smallest absolute Gasteiger partial charge is 0.410 e. The van der Waals surface area contributed by atoms with E-state index in [1.165, 1.54) is 0 Å². The summed E-state index contributed by atoms with van der Waals surface area (Å²) in [6.45, 7) is 13.3. The Morgan fingerprint density at radius 3 is 1.90 bits per heavy atom. The van der Waals surface area contributed by atoms with Gasteiger partial charge >= 0.3 is 6.09 Å². The fraction of sp³-hybridized carbons (Fsp3) is 0.424. The Morgan fingerprint density at radius 2 is 1.40 bits per heavy atom. The monoisotopic (exact) mass is 563 g/mol. The molecule has 0 radical (unpaired) electrons. The van der Waals surface area contributed by atoms with Gasteiger partial charge in [-0.05, 0) is 42.2 Å². The average molecular weight is 564 g/mol. The van der Waals surface area contributed by atoms with Crippen molar-refractivity contribution in [1.29, 1.82) is 0 Å². The lowest BCUT2D eigenvalue weighted by Crippen LogP contribution is -2.66. The van der Waals surface area contributed by atoms with Crippen molar-refractivity contribution in [2.45, 2.75) is 77.7 Å². The highest BCUT2D eigenvalue weighted by Crippen LogP contribution is 2.38. The van der Waals surface area contributed by atoms with Crippen LogP contribution in [0.15, 0.2) is 78.9 Å². The summed E-state index contributed by atoms with van der Waals surface area (Å²) < 4.78 is 34.4. The van der Waals surface area contributed by atoms with Crippen LogP contribution in [0.1, 0.15) is 59.9 Å². The molecule has 0 unspecified atom stereocenters. The molecule has 3 aromatic rings. The molecule has 1 aliphatic rings. The third kappa shape index (κ3) is 6.76. The number of hydrogen-bond donors (Lipinski definition) is 0. The number of carbonyl (C=O) groups excluding carboxylic acids is 1. The summed E-state index contributed by atoms with van der Waals surface area (Å²) in [6.07, 6.45) is 0.726. The first kappa shape index (κ1) is 29.8. The second-order valence-electron chi connectivity index (χ2n) is 12.5. The van der Waals surface area contributed by atoms with Crippen molar-refractivity contribution in [2.24, 2.45) is 0 Å². The van der Waals surface area contributed by atoms with Crippen LogP contribution in [0.2, 0.25) is 5.04 Å². The van der Waals surface area contributed by atoms with E-state index in [0.29, 0.717) is 31.5 Å². The van der Waals surface area contributed by atoms with Crippen LogP contribution in [0.5, 0.6) is 5.75 Å². The summed E-state index contributed by atoms with van der Waals surface area (Å²) in [7, 11) is -2.81. The van der Waals surface area contributed by atoms with Gasteiger partial charge in [-0.3, -0.25) is 0 Å². The van der Waals surface area contributed by atoms with Crippen LogP contribution in [0.3, 0.4) is 0 Å². The molecule has 7 heteroatoms. The van der Waals surface area contributed by atoms with Crippen molar-refractivity contribution in [3.05, 3.63) is 90.2 Å². The van der Waals surface area contributed by atoms with Gasteiger partial charge in [0.2, 0.25) is 0 Å². The molecule has 4 rings (SSSR count). The maximum Gasteiger partial charge on any atom is 0.410 e. The maximum absolute atomic E-state index is 15.8. The zero-order valence-electron chi connectivity index (χ0n) is 24.6. The molecule has 1 aliphatic heterocycles. The van der Waals surface area contributed by atoms with Crippen LogP contribution >= 0.6 is 0 Å². The van der Waals surface area contributed by atoms with Gasteiger partial charge in [0.15, 0.2) is 11.6 Å². The highest BCUT2D eigenvalue weighted by atomic mass is 28.4. The molecule has 0 aliphatic carbocycles. The van der Waals surface area contributed by atoms with Gasteiger partial charge in [-0.15, -0.1) is 0 Å². The molecule has 0 spiro atoms. The number of nitrogens with zero attached hydrogens (tertiary/aromatic N) is 1. The Kier molecular flexibility index (Phi) is 9.05.